The Labute approximate surface area is 240 Å². The molecule has 13 heteroatoms. The highest BCUT2D eigenvalue weighted by Gasteiger charge is 2.23. The minimum atomic E-state index is -3.47. The molecule has 0 saturated carbocycles. The van der Waals surface area contributed by atoms with Gasteiger partial charge in [0.2, 0.25) is 5.95 Å². The molecule has 0 radical (unpaired) electrons. The van der Waals surface area contributed by atoms with Gasteiger partial charge in [-0.3, -0.25) is 0 Å². The standard InChI is InChI=1S/C27H34ClN7O4S/c1-5-16-40(37,38)24-9-7-6-8-22(24)30-25-20(28)18-29-26(32-25)31-21-11-10-19(17-23(21)39-4)34-12-14-35(15-13-34)27(36)33(2)3/h6-11,17-18H,5,12-16H2,1-4H3,(H2,29,30,31,32). The van der Waals surface area contributed by atoms with E-state index in [1.54, 1.807) is 50.4 Å². The van der Waals surface area contributed by atoms with Crippen LogP contribution in [0, 0.1) is 0 Å². The Balaban J connectivity index is 1.51. The average molecular weight is 588 g/mol. The van der Waals surface area contributed by atoms with E-state index in [1.165, 1.54) is 6.20 Å². The predicted octanol–water partition coefficient (Wildman–Crippen LogP) is 4.61. The van der Waals surface area contributed by atoms with Crippen molar-refractivity contribution in [3.05, 3.63) is 53.7 Å². The molecule has 1 saturated heterocycles. The number of hydrogen-bond donors (Lipinski definition) is 2. The molecule has 40 heavy (non-hydrogen) atoms. The number of piperazine rings is 1. The quantitative estimate of drug-likeness (QED) is 0.370. The number of ether oxygens (including phenoxy) is 1. The Morgan fingerprint density at radius 2 is 1.80 bits per heavy atom. The summed E-state index contributed by atoms with van der Waals surface area (Å²) in [4.78, 5) is 26.8. The molecule has 214 valence electrons. The third-order valence-electron chi connectivity index (χ3n) is 6.42. The van der Waals surface area contributed by atoms with Crippen LogP contribution in [0.25, 0.3) is 0 Å². The smallest absolute Gasteiger partial charge is 0.319 e. The second-order valence-corrected chi connectivity index (χ2v) is 12.0. The number of carbonyl (C=O) groups excluding carboxylic acids is 1. The van der Waals surface area contributed by atoms with Gasteiger partial charge in [-0.05, 0) is 30.7 Å². The highest BCUT2D eigenvalue weighted by molar-refractivity contribution is 7.91. The molecule has 11 nitrogen and oxygen atoms in total. The fraction of sp³-hybridized carbons (Fsp3) is 0.370. The lowest BCUT2D eigenvalue weighted by atomic mass is 10.2. The molecule has 0 atom stereocenters. The molecule has 2 aromatic carbocycles. The Hall–Kier alpha value is -3.77. The first kappa shape index (κ1) is 29.2. The fourth-order valence-electron chi connectivity index (χ4n) is 4.40. The summed E-state index contributed by atoms with van der Waals surface area (Å²) in [5.41, 5.74) is 2.01. The van der Waals surface area contributed by atoms with Crippen molar-refractivity contribution in [2.24, 2.45) is 0 Å². The van der Waals surface area contributed by atoms with E-state index in [9.17, 15) is 13.2 Å². The van der Waals surface area contributed by atoms with E-state index >= 15 is 0 Å². The van der Waals surface area contributed by atoms with E-state index < -0.39 is 9.84 Å². The highest BCUT2D eigenvalue weighted by atomic mass is 35.5. The molecule has 2 amide bonds. The number of nitrogens with one attached hydrogen (secondary N) is 2. The number of anilines is 5. The van der Waals surface area contributed by atoms with Crippen LogP contribution in [0.1, 0.15) is 13.3 Å². The lowest BCUT2D eigenvalue weighted by molar-refractivity contribution is 0.168. The van der Waals surface area contributed by atoms with E-state index in [2.05, 4.69) is 25.5 Å². The van der Waals surface area contributed by atoms with Gasteiger partial charge in [0.1, 0.15) is 10.8 Å². The van der Waals surface area contributed by atoms with Crippen molar-refractivity contribution in [1.29, 1.82) is 0 Å². The first-order chi connectivity index (χ1) is 19.1. The molecule has 0 aliphatic carbocycles. The van der Waals surface area contributed by atoms with Crippen molar-refractivity contribution in [2.45, 2.75) is 18.2 Å². The van der Waals surface area contributed by atoms with Crippen molar-refractivity contribution in [3.8, 4) is 5.75 Å². The molecule has 2 N–H and O–H groups in total. The second-order valence-electron chi connectivity index (χ2n) is 9.49. The summed E-state index contributed by atoms with van der Waals surface area (Å²) in [6, 6.07) is 12.5. The summed E-state index contributed by atoms with van der Waals surface area (Å²) < 4.78 is 31.2. The molecule has 3 aromatic rings. The van der Waals surface area contributed by atoms with Gasteiger partial charge in [0.15, 0.2) is 15.7 Å². The fourth-order valence-corrected chi connectivity index (χ4v) is 6.04. The van der Waals surface area contributed by atoms with Gasteiger partial charge in [0.25, 0.3) is 0 Å². The van der Waals surface area contributed by atoms with Crippen molar-refractivity contribution >= 4 is 56.3 Å². The Morgan fingerprint density at radius 3 is 2.48 bits per heavy atom. The third kappa shape index (κ3) is 6.68. The van der Waals surface area contributed by atoms with Crippen LogP contribution < -0.4 is 20.3 Å². The first-order valence-electron chi connectivity index (χ1n) is 12.9. The summed E-state index contributed by atoms with van der Waals surface area (Å²) >= 11 is 6.37. The minimum Gasteiger partial charge on any atom is -0.494 e. The van der Waals surface area contributed by atoms with Crippen LogP contribution in [0.4, 0.5) is 33.6 Å². The van der Waals surface area contributed by atoms with Gasteiger partial charge in [-0.1, -0.05) is 30.7 Å². The maximum atomic E-state index is 12.8. The Kier molecular flexibility index (Phi) is 9.21. The zero-order valence-electron chi connectivity index (χ0n) is 23.0. The van der Waals surface area contributed by atoms with E-state index in [0.717, 1.165) is 5.69 Å². The molecule has 4 rings (SSSR count). The van der Waals surface area contributed by atoms with Gasteiger partial charge in [-0.15, -0.1) is 0 Å². The highest BCUT2D eigenvalue weighted by Crippen LogP contribution is 2.33. The van der Waals surface area contributed by atoms with Crippen molar-refractivity contribution in [3.63, 3.8) is 0 Å². The summed E-state index contributed by atoms with van der Waals surface area (Å²) in [7, 11) is 1.62. The Bertz CT molecular complexity index is 1460. The number of sulfone groups is 1. The van der Waals surface area contributed by atoms with Crippen molar-refractivity contribution in [2.75, 3.05) is 68.7 Å². The number of amides is 2. The van der Waals surface area contributed by atoms with E-state index in [-0.39, 0.29) is 33.5 Å². The number of nitrogens with zero attached hydrogens (tertiary/aromatic N) is 5. The number of urea groups is 1. The molecular weight excluding hydrogens is 554 g/mol. The van der Waals surface area contributed by atoms with Gasteiger partial charge in [0, 0.05) is 52.0 Å². The van der Waals surface area contributed by atoms with Crippen molar-refractivity contribution < 1.29 is 17.9 Å². The molecule has 1 aromatic heterocycles. The molecule has 0 bridgehead atoms. The molecule has 0 unspecified atom stereocenters. The number of benzene rings is 2. The molecular formula is C27H34ClN7O4S. The molecule has 1 aliphatic rings. The number of para-hydroxylation sites is 1. The number of methoxy groups -OCH3 is 1. The maximum absolute atomic E-state index is 12.8. The van der Waals surface area contributed by atoms with Crippen LogP contribution >= 0.6 is 11.6 Å². The zero-order chi connectivity index (χ0) is 28.9. The van der Waals surface area contributed by atoms with Crippen LogP contribution in [0.5, 0.6) is 5.75 Å². The van der Waals surface area contributed by atoms with Gasteiger partial charge in [-0.25, -0.2) is 18.2 Å². The van der Waals surface area contributed by atoms with Crippen LogP contribution in [0.3, 0.4) is 0 Å². The van der Waals surface area contributed by atoms with Crippen LogP contribution in [-0.2, 0) is 9.84 Å². The number of rotatable bonds is 9. The second kappa shape index (κ2) is 12.6. The third-order valence-corrected chi connectivity index (χ3v) is 8.67. The topological polar surface area (TPSA) is 120 Å². The number of halogens is 1. The Morgan fingerprint density at radius 1 is 1.07 bits per heavy atom. The lowest BCUT2D eigenvalue weighted by Gasteiger charge is -2.37. The van der Waals surface area contributed by atoms with Gasteiger partial charge in [0.05, 0.1) is 35.3 Å². The van der Waals surface area contributed by atoms with E-state index in [0.29, 0.717) is 49.7 Å². The average Bonchev–Trinajstić information content (AvgIpc) is 2.95. The largest absolute Gasteiger partial charge is 0.494 e. The zero-order valence-corrected chi connectivity index (χ0v) is 24.6. The van der Waals surface area contributed by atoms with Gasteiger partial charge < -0.3 is 30.1 Å². The van der Waals surface area contributed by atoms with Crippen molar-refractivity contribution in [1.82, 2.24) is 19.8 Å². The van der Waals surface area contributed by atoms with Crippen LogP contribution in [0.15, 0.2) is 53.6 Å². The minimum absolute atomic E-state index is 0.0136. The maximum Gasteiger partial charge on any atom is 0.319 e. The summed E-state index contributed by atoms with van der Waals surface area (Å²) in [6.45, 7) is 4.51. The number of hydrogen-bond acceptors (Lipinski definition) is 9. The monoisotopic (exact) mass is 587 g/mol. The van der Waals surface area contributed by atoms with Crippen LogP contribution in [0.2, 0.25) is 5.02 Å². The van der Waals surface area contributed by atoms with E-state index in [4.69, 9.17) is 16.3 Å². The molecule has 0 spiro atoms. The predicted molar refractivity (Wildman–Crippen MR) is 158 cm³/mol. The summed E-state index contributed by atoms with van der Waals surface area (Å²) in [5, 5.41) is 6.46. The SMILES string of the molecule is CCCS(=O)(=O)c1ccccc1Nc1nc(Nc2ccc(N3CCN(C(=O)N(C)C)CC3)cc2OC)ncc1Cl. The molecule has 1 fully saturated rings. The normalized spacial score (nSPS) is 13.6. The summed E-state index contributed by atoms with van der Waals surface area (Å²) in [5.74, 6) is 1.14. The number of carbonyl (C=O) groups is 1. The van der Waals surface area contributed by atoms with E-state index in [1.807, 2.05) is 30.0 Å². The molecule has 2 heterocycles. The van der Waals surface area contributed by atoms with Gasteiger partial charge >= 0.3 is 6.03 Å². The summed E-state index contributed by atoms with van der Waals surface area (Å²) in [6.07, 6.45) is 1.95. The molecule has 1 aliphatic heterocycles. The number of aromatic nitrogens is 2. The van der Waals surface area contributed by atoms with Crippen LogP contribution in [-0.4, -0.2) is 87.4 Å². The first-order valence-corrected chi connectivity index (χ1v) is 14.9. The van der Waals surface area contributed by atoms with Gasteiger partial charge in [-0.2, -0.15) is 4.98 Å². The lowest BCUT2D eigenvalue weighted by Crippen LogP contribution is -2.51.